The van der Waals surface area contributed by atoms with Gasteiger partial charge in [0.05, 0.1) is 36.4 Å². The fourth-order valence-corrected chi connectivity index (χ4v) is 5.27. The van der Waals surface area contributed by atoms with Crippen LogP contribution in [0.3, 0.4) is 0 Å². The molecule has 0 atom stereocenters. The van der Waals surface area contributed by atoms with Crippen LogP contribution in [0.5, 0.6) is 0 Å². The van der Waals surface area contributed by atoms with E-state index in [4.69, 9.17) is 9.97 Å². The third-order valence-corrected chi connectivity index (χ3v) is 7.49. The molecule has 3 aromatic rings. The molecule has 1 saturated heterocycles. The van der Waals surface area contributed by atoms with Crippen LogP contribution in [-0.4, -0.2) is 132 Å². The molecule has 0 spiro atoms. The van der Waals surface area contributed by atoms with Crippen molar-refractivity contribution in [3.8, 4) is 11.4 Å². The summed E-state index contributed by atoms with van der Waals surface area (Å²) in [6.45, 7) is 6.55. The van der Waals surface area contributed by atoms with Gasteiger partial charge < -0.3 is 10.2 Å². The first-order valence-electron chi connectivity index (χ1n) is 14.0. The molecule has 3 aromatic heterocycles. The number of carboxylic acids is 2. The van der Waals surface area contributed by atoms with Crippen LogP contribution in [0.2, 0.25) is 0 Å². The zero-order chi connectivity index (χ0) is 28.6. The van der Waals surface area contributed by atoms with E-state index < -0.39 is 11.9 Å². The van der Waals surface area contributed by atoms with Crippen molar-refractivity contribution in [1.82, 2.24) is 44.6 Å². The van der Waals surface area contributed by atoms with Crippen molar-refractivity contribution >= 4 is 11.9 Å². The van der Waals surface area contributed by atoms with E-state index in [-0.39, 0.29) is 50.0 Å². The van der Waals surface area contributed by atoms with Crippen molar-refractivity contribution in [2.24, 2.45) is 0 Å². The molecule has 233 valence electrons. The molecule has 42 heavy (non-hydrogen) atoms. The quantitative estimate of drug-likeness (QED) is 0.382. The van der Waals surface area contributed by atoms with Gasteiger partial charge in [0.15, 0.2) is 0 Å². The summed E-state index contributed by atoms with van der Waals surface area (Å²) in [5.41, 5.74) is 4.16. The Kier molecular flexibility index (Phi) is 12.2. The molecule has 0 saturated carbocycles. The van der Waals surface area contributed by atoms with Gasteiger partial charge in [-0.2, -0.15) is 0 Å². The molecule has 13 nitrogen and oxygen atoms in total. The molecule has 8 bridgehead atoms. The summed E-state index contributed by atoms with van der Waals surface area (Å²) < 4.78 is 1.82. The van der Waals surface area contributed by atoms with Crippen molar-refractivity contribution < 1.29 is 56.7 Å². The van der Waals surface area contributed by atoms with Gasteiger partial charge in [0.2, 0.25) is 0 Å². The van der Waals surface area contributed by atoms with Crippen molar-refractivity contribution in [3.63, 3.8) is 0 Å². The minimum atomic E-state index is -0.853. The third kappa shape index (κ3) is 9.75. The maximum absolute atomic E-state index is 11.7. The molecular formula is C28H37LuN9O4. The smallest absolute Gasteiger partial charge is 0.317 e. The Balaban J connectivity index is 0.00000405. The Labute approximate surface area is 274 Å². The maximum Gasteiger partial charge on any atom is 0.317 e. The molecule has 0 unspecified atom stereocenters. The molecule has 14 heteroatoms. The zero-order valence-electron chi connectivity index (χ0n) is 23.4. The topological polar surface area (TPSA) is 144 Å². The second-order valence-electron chi connectivity index (χ2n) is 10.6. The summed E-state index contributed by atoms with van der Waals surface area (Å²) >= 11 is 0. The third-order valence-electron chi connectivity index (χ3n) is 7.49. The predicted molar refractivity (Wildman–Crippen MR) is 150 cm³/mol. The summed E-state index contributed by atoms with van der Waals surface area (Å²) in [5, 5.41) is 27.8. The normalized spacial score (nSPS) is 20.9. The average molecular weight is 739 g/mol. The van der Waals surface area contributed by atoms with E-state index in [0.717, 1.165) is 22.8 Å². The minimum Gasteiger partial charge on any atom is -0.480 e. The van der Waals surface area contributed by atoms with Gasteiger partial charge in [-0.05, 0) is 24.3 Å². The van der Waals surface area contributed by atoms with E-state index in [2.05, 4.69) is 20.1 Å². The number of rotatable bonds is 4. The summed E-state index contributed by atoms with van der Waals surface area (Å²) in [6, 6.07) is 11.8. The van der Waals surface area contributed by atoms with Gasteiger partial charge in [0, 0.05) is 121 Å². The number of nitrogens with zero attached hydrogens (tertiary/aromatic N) is 9. The molecule has 3 aliphatic rings. The minimum absolute atomic E-state index is 0. The standard InChI is InChI=1S/C28H37N9O4.Lu/c38-27(39)20-35-13-9-33-10-14-36(21-28(40)41)16-12-34(11-15-35)18-24-5-2-6-25(30-24)26-19-37(32-31-26)8-7-22-3-1-4-23(17-33)29-22;/h1-6,19H,7-18,20-21H2,(H,38,39)(H,40,41);. The number of hydrogen-bond acceptors (Lipinski definition) is 10. The fourth-order valence-electron chi connectivity index (χ4n) is 5.27. The predicted octanol–water partition coefficient (Wildman–Crippen LogP) is 0.382. The second-order valence-corrected chi connectivity index (χ2v) is 10.6. The molecule has 1 fully saturated rings. The number of aryl methyl sites for hydroxylation is 2. The van der Waals surface area contributed by atoms with Crippen LogP contribution < -0.4 is 0 Å². The van der Waals surface area contributed by atoms with Crippen molar-refractivity contribution in [2.75, 3.05) is 65.4 Å². The fraction of sp³-hybridized carbons (Fsp3) is 0.500. The van der Waals surface area contributed by atoms with Crippen molar-refractivity contribution in [2.45, 2.75) is 26.1 Å². The van der Waals surface area contributed by atoms with Gasteiger partial charge in [-0.25, -0.2) is 4.98 Å². The van der Waals surface area contributed by atoms with E-state index in [1.807, 2.05) is 57.1 Å². The van der Waals surface area contributed by atoms with E-state index in [9.17, 15) is 19.8 Å². The number of hydrogen-bond donors (Lipinski definition) is 2. The first kappa shape index (κ1) is 32.4. The summed E-state index contributed by atoms with van der Waals surface area (Å²) in [6.07, 6.45) is 2.59. The number of carboxylic acid groups (broad SMARTS) is 2. The van der Waals surface area contributed by atoms with Crippen LogP contribution in [0.4, 0.5) is 0 Å². The van der Waals surface area contributed by atoms with Crippen LogP contribution in [0.1, 0.15) is 17.1 Å². The van der Waals surface area contributed by atoms with Crippen LogP contribution >= 0.6 is 0 Å². The molecule has 0 amide bonds. The molecular weight excluding hydrogens is 701 g/mol. The van der Waals surface area contributed by atoms with Crippen LogP contribution in [0.15, 0.2) is 42.6 Å². The number of fused-ring (bicyclic) bond motifs is 9. The SMILES string of the molecule is O=C(O)CN1CCN2CCN(CC(=O)O)CCN(CC1)Cc1cccc(n1)-c1cn(nn1)CCc1cccc(n1)C2.[Lu]. The first-order valence-corrected chi connectivity index (χ1v) is 14.0. The van der Waals surface area contributed by atoms with Gasteiger partial charge in [-0.15, -0.1) is 5.10 Å². The van der Waals surface area contributed by atoms with Crippen molar-refractivity contribution in [1.29, 1.82) is 0 Å². The Bertz CT molecular complexity index is 1310. The Morgan fingerprint density at radius 1 is 0.667 bits per heavy atom. The maximum atomic E-state index is 11.7. The Morgan fingerprint density at radius 3 is 1.76 bits per heavy atom. The van der Waals surface area contributed by atoms with Gasteiger partial charge >= 0.3 is 11.9 Å². The van der Waals surface area contributed by atoms with E-state index in [1.54, 1.807) is 0 Å². The molecule has 0 aromatic carbocycles. The molecule has 2 N–H and O–H groups in total. The molecule has 6 rings (SSSR count). The molecule has 6 heterocycles. The monoisotopic (exact) mass is 738 g/mol. The Hall–Kier alpha value is -2.55. The summed E-state index contributed by atoms with van der Waals surface area (Å²) in [7, 11) is 0. The van der Waals surface area contributed by atoms with Crippen molar-refractivity contribution in [3.05, 3.63) is 59.7 Å². The van der Waals surface area contributed by atoms with E-state index >= 15 is 0 Å². The summed E-state index contributed by atoms with van der Waals surface area (Å²) in [5.74, 6) is -1.71. The largest absolute Gasteiger partial charge is 0.480 e. The van der Waals surface area contributed by atoms with Gasteiger partial charge in [0.25, 0.3) is 0 Å². The second kappa shape index (κ2) is 15.8. The number of aliphatic carboxylic acids is 2. The van der Waals surface area contributed by atoms with Crippen LogP contribution in [0.25, 0.3) is 11.4 Å². The molecule has 3 aliphatic heterocycles. The average Bonchev–Trinajstić information content (AvgIpc) is 3.42. The summed E-state index contributed by atoms with van der Waals surface area (Å²) in [4.78, 5) is 41.6. The number of carbonyl (C=O) groups is 2. The number of pyridine rings is 2. The van der Waals surface area contributed by atoms with Crippen LogP contribution in [-0.2, 0) is 35.6 Å². The van der Waals surface area contributed by atoms with Gasteiger partial charge in [-0.3, -0.25) is 38.9 Å². The molecule has 0 aliphatic carbocycles. The van der Waals surface area contributed by atoms with Crippen LogP contribution in [0, 0.1) is 36.9 Å². The number of aromatic nitrogens is 5. The Morgan fingerprint density at radius 2 is 1.19 bits per heavy atom. The molecule has 1 radical (unpaired) electrons. The first-order chi connectivity index (χ1) is 19.9. The zero-order valence-corrected chi connectivity index (χ0v) is 25.1. The van der Waals surface area contributed by atoms with Gasteiger partial charge in [0.1, 0.15) is 5.69 Å². The van der Waals surface area contributed by atoms with E-state index in [1.165, 1.54) is 0 Å². The van der Waals surface area contributed by atoms with E-state index in [0.29, 0.717) is 84.1 Å². The van der Waals surface area contributed by atoms with Gasteiger partial charge in [-0.1, -0.05) is 17.3 Å².